The topological polar surface area (TPSA) is 49.9 Å². The summed E-state index contributed by atoms with van der Waals surface area (Å²) in [5.41, 5.74) is 3.35. The maximum absolute atomic E-state index is 13.2. The second-order valence-corrected chi connectivity index (χ2v) is 11.0. The van der Waals surface area contributed by atoms with Crippen molar-refractivity contribution < 1.29 is 14.3 Å². The Balaban J connectivity index is 1.63. The van der Waals surface area contributed by atoms with Gasteiger partial charge in [0.1, 0.15) is 12.4 Å². The Hall–Kier alpha value is -2.45. The lowest BCUT2D eigenvalue weighted by Gasteiger charge is -2.22. The number of hydrogen-bond acceptors (Lipinski definition) is 5. The average molecular weight is 620 g/mol. The second kappa shape index (κ2) is 12.4. The molecule has 0 N–H and O–H groups in total. The van der Waals surface area contributed by atoms with Gasteiger partial charge in [-0.25, -0.2) is 0 Å². The zero-order valence-corrected chi connectivity index (χ0v) is 24.3. The molecule has 0 spiro atoms. The number of carbonyl (C=O) groups is 2. The summed E-state index contributed by atoms with van der Waals surface area (Å²) in [4.78, 5) is 29.7. The molecule has 0 unspecified atom stereocenters. The highest BCUT2D eigenvalue weighted by Crippen LogP contribution is 2.37. The van der Waals surface area contributed by atoms with Gasteiger partial charge in [-0.3, -0.25) is 14.5 Å². The lowest BCUT2D eigenvalue weighted by molar-refractivity contribution is -0.123. The molecule has 3 aromatic carbocycles. The molecule has 1 fully saturated rings. The number of hydrogen-bond donors (Lipinski definition) is 0. The summed E-state index contributed by atoms with van der Waals surface area (Å²) < 4.78 is 7.06. The normalized spacial score (nSPS) is 14.5. The Kier molecular flexibility index (Phi) is 9.24. The number of carbonyl (C=O) groups excluding carboxylic acids is 2. The molecule has 0 radical (unpaired) electrons. The first kappa shape index (κ1) is 27.6. The van der Waals surface area contributed by atoms with Gasteiger partial charge < -0.3 is 9.64 Å². The average Bonchev–Trinajstić information content (AvgIpc) is 3.14. The van der Waals surface area contributed by atoms with Crippen molar-refractivity contribution in [2.45, 2.75) is 27.0 Å². The zero-order chi connectivity index (χ0) is 26.5. The van der Waals surface area contributed by atoms with E-state index in [1.165, 1.54) is 4.90 Å². The van der Waals surface area contributed by atoms with E-state index < -0.39 is 0 Å². The van der Waals surface area contributed by atoms with E-state index >= 15 is 0 Å². The van der Waals surface area contributed by atoms with Crippen LogP contribution in [0, 0.1) is 0 Å². The molecule has 1 heterocycles. The van der Waals surface area contributed by atoms with Crippen molar-refractivity contribution in [3.63, 3.8) is 0 Å². The Morgan fingerprint density at radius 3 is 2.46 bits per heavy atom. The second-order valence-electron chi connectivity index (χ2n) is 8.28. The van der Waals surface area contributed by atoms with Gasteiger partial charge in [0.2, 0.25) is 0 Å². The number of amides is 2. The number of halogens is 3. The van der Waals surface area contributed by atoms with Crippen molar-refractivity contribution in [1.29, 1.82) is 0 Å². The number of nitrogens with zero attached hydrogens (tertiary/aromatic N) is 2. The molecule has 3 aromatic rings. The fourth-order valence-electron chi connectivity index (χ4n) is 3.92. The van der Waals surface area contributed by atoms with E-state index in [4.69, 9.17) is 27.9 Å². The smallest absolute Gasteiger partial charge is 0.293 e. The van der Waals surface area contributed by atoms with Gasteiger partial charge in [0.15, 0.2) is 0 Å². The van der Waals surface area contributed by atoms with Gasteiger partial charge in [0, 0.05) is 50.5 Å². The minimum Gasteiger partial charge on any atom is -0.488 e. The predicted octanol–water partition coefficient (Wildman–Crippen LogP) is 8.42. The minimum atomic E-state index is -0.328. The summed E-state index contributed by atoms with van der Waals surface area (Å²) in [6.07, 6.45) is 1.72. The molecule has 37 heavy (non-hydrogen) atoms. The summed E-state index contributed by atoms with van der Waals surface area (Å²) in [7, 11) is 0. The first-order valence-electron chi connectivity index (χ1n) is 11.7. The SMILES string of the molecule is CCN(CC)c1ccc(/C=C2\SC(=O)N(Cc3ccccc3Br)C2=O)c(OCc2ccc(Cl)cc2Cl)c1. The lowest BCUT2D eigenvalue weighted by Crippen LogP contribution is -2.27. The van der Waals surface area contributed by atoms with E-state index in [-0.39, 0.29) is 24.3 Å². The predicted molar refractivity (Wildman–Crippen MR) is 156 cm³/mol. The van der Waals surface area contributed by atoms with Crippen molar-refractivity contribution in [1.82, 2.24) is 4.90 Å². The van der Waals surface area contributed by atoms with E-state index in [2.05, 4.69) is 34.7 Å². The van der Waals surface area contributed by atoms with Crippen LogP contribution >= 0.6 is 50.9 Å². The summed E-state index contributed by atoms with van der Waals surface area (Å²) >= 11 is 16.8. The fraction of sp³-hybridized carbons (Fsp3) is 0.214. The van der Waals surface area contributed by atoms with Crippen molar-refractivity contribution in [2.24, 2.45) is 0 Å². The van der Waals surface area contributed by atoms with Crippen molar-refractivity contribution >= 4 is 73.8 Å². The molecule has 0 aromatic heterocycles. The van der Waals surface area contributed by atoms with Gasteiger partial charge in [0.05, 0.1) is 11.4 Å². The maximum atomic E-state index is 13.2. The molecule has 1 aliphatic heterocycles. The van der Waals surface area contributed by atoms with Crippen molar-refractivity contribution in [2.75, 3.05) is 18.0 Å². The molecular weight excluding hydrogens is 595 g/mol. The Labute approximate surface area is 239 Å². The van der Waals surface area contributed by atoms with Crippen LogP contribution in [0.1, 0.15) is 30.5 Å². The van der Waals surface area contributed by atoms with Crippen LogP contribution in [-0.2, 0) is 17.9 Å². The Bertz CT molecular complexity index is 1360. The van der Waals surface area contributed by atoms with E-state index in [0.29, 0.717) is 26.3 Å². The van der Waals surface area contributed by atoms with Crippen LogP contribution in [0.15, 0.2) is 70.0 Å². The number of ether oxygens (including phenoxy) is 1. The Morgan fingerprint density at radius 1 is 1.00 bits per heavy atom. The monoisotopic (exact) mass is 618 g/mol. The number of thioether (sulfide) groups is 1. The van der Waals surface area contributed by atoms with Crippen LogP contribution in [0.4, 0.5) is 10.5 Å². The third-order valence-electron chi connectivity index (χ3n) is 5.97. The lowest BCUT2D eigenvalue weighted by atomic mass is 10.1. The van der Waals surface area contributed by atoms with Gasteiger partial charge in [-0.05, 0) is 67.6 Å². The highest BCUT2D eigenvalue weighted by molar-refractivity contribution is 9.10. The number of imide groups is 1. The first-order valence-corrected chi connectivity index (χ1v) is 14.1. The van der Waals surface area contributed by atoms with Gasteiger partial charge in [-0.2, -0.15) is 0 Å². The summed E-state index contributed by atoms with van der Waals surface area (Å²) in [5, 5.41) is 0.764. The molecule has 192 valence electrons. The van der Waals surface area contributed by atoms with Gasteiger partial charge >= 0.3 is 0 Å². The van der Waals surface area contributed by atoms with Crippen LogP contribution in [0.2, 0.25) is 10.0 Å². The summed E-state index contributed by atoms with van der Waals surface area (Å²) in [6.45, 7) is 6.28. The summed E-state index contributed by atoms with van der Waals surface area (Å²) in [5.74, 6) is 0.262. The van der Waals surface area contributed by atoms with Crippen molar-refractivity contribution in [3.8, 4) is 5.75 Å². The van der Waals surface area contributed by atoms with E-state index in [0.717, 1.165) is 46.1 Å². The van der Waals surface area contributed by atoms with Gasteiger partial charge in [0.25, 0.3) is 11.1 Å². The Morgan fingerprint density at radius 2 is 1.76 bits per heavy atom. The largest absolute Gasteiger partial charge is 0.488 e. The molecule has 1 aliphatic rings. The molecule has 1 saturated heterocycles. The molecule has 2 amide bonds. The molecule has 5 nitrogen and oxygen atoms in total. The first-order chi connectivity index (χ1) is 17.8. The standard InChI is InChI=1S/C28H25BrCl2N2O3S/c1-3-32(4-2)22-12-10-18(25(15-22)36-17-20-9-11-21(30)14-24(20)31)13-26-27(34)33(28(35)37-26)16-19-7-5-6-8-23(19)29/h5-15H,3-4,16-17H2,1-2H3/b26-13-. The van der Waals surface area contributed by atoms with Crippen LogP contribution < -0.4 is 9.64 Å². The maximum Gasteiger partial charge on any atom is 0.293 e. The van der Waals surface area contributed by atoms with Crippen LogP contribution in [0.25, 0.3) is 6.08 Å². The molecule has 0 saturated carbocycles. The molecule has 9 heteroatoms. The van der Waals surface area contributed by atoms with Crippen LogP contribution in [0.5, 0.6) is 5.75 Å². The zero-order valence-electron chi connectivity index (χ0n) is 20.3. The quantitative estimate of drug-likeness (QED) is 0.225. The summed E-state index contributed by atoms with van der Waals surface area (Å²) in [6, 6.07) is 18.7. The minimum absolute atomic E-state index is 0.197. The highest BCUT2D eigenvalue weighted by atomic mass is 79.9. The van der Waals surface area contributed by atoms with Crippen molar-refractivity contribution in [3.05, 3.63) is 96.8 Å². The fourth-order valence-corrected chi connectivity index (χ4v) is 5.62. The molecule has 0 bridgehead atoms. The number of anilines is 1. The van der Waals surface area contributed by atoms with E-state index in [1.807, 2.05) is 48.5 Å². The molecule has 0 atom stereocenters. The van der Waals surface area contributed by atoms with Crippen LogP contribution in [-0.4, -0.2) is 29.1 Å². The third-order valence-corrected chi connectivity index (χ3v) is 8.24. The molecule has 4 rings (SSSR count). The van der Waals surface area contributed by atoms with E-state index in [1.54, 1.807) is 18.2 Å². The van der Waals surface area contributed by atoms with Gasteiger partial charge in [-0.1, -0.05) is 63.4 Å². The van der Waals surface area contributed by atoms with Gasteiger partial charge in [-0.15, -0.1) is 0 Å². The van der Waals surface area contributed by atoms with E-state index in [9.17, 15) is 9.59 Å². The van der Waals surface area contributed by atoms with Crippen LogP contribution in [0.3, 0.4) is 0 Å². The molecule has 0 aliphatic carbocycles. The third kappa shape index (κ3) is 6.52. The number of rotatable bonds is 9. The molecular formula is C28H25BrCl2N2O3S. The number of benzene rings is 3. The highest BCUT2D eigenvalue weighted by Gasteiger charge is 2.35.